The van der Waals surface area contributed by atoms with E-state index in [1.807, 2.05) is 54.6 Å². The highest BCUT2D eigenvalue weighted by Gasteiger charge is 2.39. The van der Waals surface area contributed by atoms with Gasteiger partial charge in [-0.15, -0.1) is 0 Å². The van der Waals surface area contributed by atoms with Crippen LogP contribution in [0.2, 0.25) is 0 Å². The zero-order chi connectivity index (χ0) is 19.5. The van der Waals surface area contributed by atoms with E-state index in [0.29, 0.717) is 30.9 Å². The number of cyclic esters (lactones) is 1. The van der Waals surface area contributed by atoms with E-state index in [1.165, 1.54) is 0 Å². The Morgan fingerprint density at radius 3 is 2.50 bits per heavy atom. The van der Waals surface area contributed by atoms with Gasteiger partial charge >= 0.3 is 6.09 Å². The van der Waals surface area contributed by atoms with Gasteiger partial charge in [0.1, 0.15) is 18.1 Å². The summed E-state index contributed by atoms with van der Waals surface area (Å²) in [5.74, 6) is 1.07. The average molecular weight is 376 g/mol. The van der Waals surface area contributed by atoms with Crippen molar-refractivity contribution in [2.45, 2.75) is 18.6 Å². The second kappa shape index (κ2) is 7.65. The predicted octanol–water partition coefficient (Wildman–Crippen LogP) is 3.91. The van der Waals surface area contributed by atoms with Gasteiger partial charge in [0.15, 0.2) is 6.23 Å². The number of allylic oxidation sites excluding steroid dienone is 1. The van der Waals surface area contributed by atoms with Gasteiger partial charge in [0.25, 0.3) is 0 Å². The molecule has 2 atom stereocenters. The van der Waals surface area contributed by atoms with Crippen LogP contribution in [0.3, 0.4) is 0 Å². The maximum absolute atomic E-state index is 12.1. The summed E-state index contributed by atoms with van der Waals surface area (Å²) in [7, 11) is 1.62. The molecule has 28 heavy (non-hydrogen) atoms. The molecule has 0 unspecified atom stereocenters. The fourth-order valence-corrected chi connectivity index (χ4v) is 3.66. The molecule has 142 valence electrons. The van der Waals surface area contributed by atoms with Crippen LogP contribution >= 0.6 is 0 Å². The number of hydrogen-bond donors (Lipinski definition) is 0. The molecule has 2 heterocycles. The van der Waals surface area contributed by atoms with Crippen molar-refractivity contribution in [1.29, 1.82) is 5.26 Å². The molecule has 0 N–H and O–H groups in total. The highest BCUT2D eigenvalue weighted by Crippen LogP contribution is 2.42. The lowest BCUT2D eigenvalue weighted by Gasteiger charge is -2.36. The largest absolute Gasteiger partial charge is 0.497 e. The summed E-state index contributed by atoms with van der Waals surface area (Å²) < 4.78 is 16.5. The molecule has 1 saturated heterocycles. The fourth-order valence-electron chi connectivity index (χ4n) is 3.66. The van der Waals surface area contributed by atoms with Crippen LogP contribution in [0.15, 0.2) is 60.2 Å². The van der Waals surface area contributed by atoms with Crippen molar-refractivity contribution in [3.8, 4) is 11.8 Å². The van der Waals surface area contributed by atoms with Gasteiger partial charge in [-0.05, 0) is 17.7 Å². The molecule has 0 saturated carbocycles. The number of nitrogens with zero attached hydrogens (tertiary/aromatic N) is 2. The molecule has 0 spiro atoms. The molecule has 2 aliphatic rings. The highest BCUT2D eigenvalue weighted by molar-refractivity contribution is 5.72. The fraction of sp³-hybridized carbons (Fsp3) is 0.273. The molecule has 0 bridgehead atoms. The molecule has 0 aliphatic carbocycles. The van der Waals surface area contributed by atoms with Crippen molar-refractivity contribution in [1.82, 2.24) is 4.90 Å². The third-order valence-electron chi connectivity index (χ3n) is 5.10. The SMILES string of the molecule is COc1ccc([C@H]2C[C@@H](N3CCOC3=O)OC(c3ccccc3)=C2C#N)cc1. The van der Waals surface area contributed by atoms with Gasteiger partial charge in [-0.1, -0.05) is 42.5 Å². The lowest BCUT2D eigenvalue weighted by molar-refractivity contribution is 0.0187. The Kier molecular flexibility index (Phi) is 4.90. The monoisotopic (exact) mass is 376 g/mol. The highest BCUT2D eigenvalue weighted by atomic mass is 16.6. The summed E-state index contributed by atoms with van der Waals surface area (Å²) in [5.41, 5.74) is 2.35. The Morgan fingerprint density at radius 1 is 1.14 bits per heavy atom. The number of benzene rings is 2. The van der Waals surface area contributed by atoms with E-state index in [4.69, 9.17) is 14.2 Å². The zero-order valence-corrected chi connectivity index (χ0v) is 15.5. The van der Waals surface area contributed by atoms with E-state index in [2.05, 4.69) is 6.07 Å². The Morgan fingerprint density at radius 2 is 1.89 bits per heavy atom. The van der Waals surface area contributed by atoms with E-state index in [9.17, 15) is 10.1 Å². The number of hydrogen-bond acceptors (Lipinski definition) is 5. The van der Waals surface area contributed by atoms with Gasteiger partial charge in [0, 0.05) is 17.9 Å². The van der Waals surface area contributed by atoms with Crippen LogP contribution in [0.1, 0.15) is 23.5 Å². The number of methoxy groups -OCH3 is 1. The molecule has 6 heteroatoms. The number of rotatable bonds is 4. The van der Waals surface area contributed by atoms with Crippen molar-refractivity contribution in [2.75, 3.05) is 20.3 Å². The molecule has 4 rings (SSSR count). The summed E-state index contributed by atoms with van der Waals surface area (Å²) in [6.07, 6.45) is -0.388. The van der Waals surface area contributed by atoms with Gasteiger partial charge in [-0.2, -0.15) is 5.26 Å². The van der Waals surface area contributed by atoms with Crippen molar-refractivity contribution >= 4 is 11.9 Å². The van der Waals surface area contributed by atoms with Crippen LogP contribution in [0.4, 0.5) is 4.79 Å². The average Bonchev–Trinajstić information content (AvgIpc) is 3.19. The normalized spacial score (nSPS) is 21.7. The second-order valence-corrected chi connectivity index (χ2v) is 6.66. The third kappa shape index (κ3) is 3.27. The van der Waals surface area contributed by atoms with Crippen LogP contribution in [0.25, 0.3) is 5.76 Å². The van der Waals surface area contributed by atoms with Crippen molar-refractivity contribution in [3.05, 3.63) is 71.3 Å². The van der Waals surface area contributed by atoms with Crippen molar-refractivity contribution < 1.29 is 19.0 Å². The molecule has 2 aromatic carbocycles. The van der Waals surface area contributed by atoms with E-state index in [-0.39, 0.29) is 12.0 Å². The molecule has 0 aromatic heterocycles. The number of ether oxygens (including phenoxy) is 3. The standard InChI is InChI=1S/C22H20N2O4/c1-26-17-9-7-15(8-10-17)18-13-20(24-11-12-27-22(24)25)28-21(19(18)14-23)16-5-3-2-4-6-16/h2-10,18,20H,11-13H2,1H3/t18-,20+/m1/s1. The minimum Gasteiger partial charge on any atom is -0.497 e. The Hall–Kier alpha value is -3.46. The second-order valence-electron chi connectivity index (χ2n) is 6.66. The number of carbonyl (C=O) groups excluding carboxylic acids is 1. The summed E-state index contributed by atoms with van der Waals surface area (Å²) in [6, 6.07) is 19.5. The topological polar surface area (TPSA) is 71.8 Å². The molecular formula is C22H20N2O4. The summed E-state index contributed by atoms with van der Waals surface area (Å²) >= 11 is 0. The van der Waals surface area contributed by atoms with Gasteiger partial charge in [-0.3, -0.25) is 4.90 Å². The molecule has 2 aromatic rings. The minimum atomic E-state index is -0.491. The zero-order valence-electron chi connectivity index (χ0n) is 15.5. The van der Waals surface area contributed by atoms with Gasteiger partial charge in [0.05, 0.1) is 25.3 Å². The van der Waals surface area contributed by atoms with Crippen LogP contribution in [-0.4, -0.2) is 37.5 Å². The summed E-state index contributed by atoms with van der Waals surface area (Å²) in [4.78, 5) is 13.7. The Labute approximate surface area is 163 Å². The summed E-state index contributed by atoms with van der Waals surface area (Å²) in [6.45, 7) is 0.824. The quantitative estimate of drug-likeness (QED) is 0.809. The van der Waals surface area contributed by atoms with Gasteiger partial charge in [-0.25, -0.2) is 4.79 Å². The molecule has 6 nitrogen and oxygen atoms in total. The van der Waals surface area contributed by atoms with E-state index in [1.54, 1.807) is 12.0 Å². The molecule has 1 fully saturated rings. The van der Waals surface area contributed by atoms with Crippen LogP contribution < -0.4 is 4.74 Å². The number of amides is 1. The lowest BCUT2D eigenvalue weighted by atomic mass is 9.84. The first-order valence-corrected chi connectivity index (χ1v) is 9.15. The maximum Gasteiger partial charge on any atom is 0.412 e. The van der Waals surface area contributed by atoms with Crippen molar-refractivity contribution in [3.63, 3.8) is 0 Å². The molecule has 2 aliphatic heterocycles. The molecule has 0 radical (unpaired) electrons. The smallest absolute Gasteiger partial charge is 0.412 e. The van der Waals surface area contributed by atoms with E-state index < -0.39 is 6.23 Å². The van der Waals surface area contributed by atoms with Crippen LogP contribution in [0.5, 0.6) is 5.75 Å². The number of nitriles is 1. The number of carbonyl (C=O) groups is 1. The molecular weight excluding hydrogens is 356 g/mol. The predicted molar refractivity (Wildman–Crippen MR) is 102 cm³/mol. The van der Waals surface area contributed by atoms with E-state index >= 15 is 0 Å². The maximum atomic E-state index is 12.1. The van der Waals surface area contributed by atoms with Gasteiger partial charge in [0.2, 0.25) is 0 Å². The van der Waals surface area contributed by atoms with Crippen LogP contribution in [0, 0.1) is 11.3 Å². The Bertz CT molecular complexity index is 931. The minimum absolute atomic E-state index is 0.196. The third-order valence-corrected chi connectivity index (χ3v) is 5.10. The first kappa shape index (κ1) is 17.9. The summed E-state index contributed by atoms with van der Waals surface area (Å²) in [5, 5.41) is 9.94. The first-order valence-electron chi connectivity index (χ1n) is 9.15. The lowest BCUT2D eigenvalue weighted by Crippen LogP contribution is -2.41. The van der Waals surface area contributed by atoms with Gasteiger partial charge < -0.3 is 14.2 Å². The van der Waals surface area contributed by atoms with Crippen molar-refractivity contribution in [2.24, 2.45) is 0 Å². The first-order chi connectivity index (χ1) is 13.7. The Balaban J connectivity index is 1.78. The van der Waals surface area contributed by atoms with E-state index in [0.717, 1.165) is 16.9 Å². The van der Waals surface area contributed by atoms with Crippen LogP contribution in [-0.2, 0) is 9.47 Å². The molecule has 1 amide bonds.